The summed E-state index contributed by atoms with van der Waals surface area (Å²) in [5, 5.41) is 18.2. The van der Waals surface area contributed by atoms with Crippen LogP contribution < -0.4 is 27.4 Å². The zero-order valence-electron chi connectivity index (χ0n) is 22.7. The number of carboxylic acid groups (broad SMARTS) is 1. The first-order chi connectivity index (χ1) is 19.7. The number of thiol groups is 1. The molecule has 11 nitrogen and oxygen atoms in total. The topological polar surface area (TPSA) is 192 Å². The number of aromatic nitrogens is 1. The van der Waals surface area contributed by atoms with Crippen LogP contribution in [0.25, 0.3) is 10.9 Å². The van der Waals surface area contributed by atoms with E-state index in [9.17, 15) is 24.3 Å². The number of rotatable bonds is 16. The number of aromatic amines is 1. The maximum absolute atomic E-state index is 13.7. The van der Waals surface area contributed by atoms with Crippen LogP contribution in [0.5, 0.6) is 0 Å². The summed E-state index contributed by atoms with van der Waals surface area (Å²) in [6.07, 6.45) is 3.78. The fourth-order valence-corrected chi connectivity index (χ4v) is 4.68. The lowest BCUT2D eigenvalue weighted by Crippen LogP contribution is -2.58. The molecule has 1 heterocycles. The number of unbranched alkanes of at least 4 members (excludes halogenated alkanes) is 1. The van der Waals surface area contributed by atoms with E-state index in [1.54, 1.807) is 6.20 Å². The molecule has 4 unspecified atom stereocenters. The minimum Gasteiger partial charge on any atom is -0.480 e. The lowest BCUT2D eigenvalue weighted by molar-refractivity contribution is -0.141. The van der Waals surface area contributed by atoms with Crippen LogP contribution in [0.1, 0.15) is 30.4 Å². The van der Waals surface area contributed by atoms with Crippen molar-refractivity contribution in [2.75, 3.05) is 12.3 Å². The lowest BCUT2D eigenvalue weighted by Gasteiger charge is -2.25. The monoisotopic (exact) mass is 582 g/mol. The number of H-pyrrole nitrogens is 1. The van der Waals surface area contributed by atoms with E-state index in [1.807, 2.05) is 54.6 Å². The van der Waals surface area contributed by atoms with Crippen molar-refractivity contribution in [2.45, 2.75) is 56.3 Å². The second kappa shape index (κ2) is 15.8. The van der Waals surface area contributed by atoms with Crippen molar-refractivity contribution in [3.05, 3.63) is 71.9 Å². The normalized spacial score (nSPS) is 14.0. The van der Waals surface area contributed by atoms with Gasteiger partial charge < -0.3 is 37.5 Å². The van der Waals surface area contributed by atoms with Crippen LogP contribution in [0.4, 0.5) is 0 Å². The molecule has 3 aromatic rings. The van der Waals surface area contributed by atoms with Gasteiger partial charge in [-0.05, 0) is 36.6 Å². The number of nitrogens with one attached hydrogen (secondary N) is 4. The van der Waals surface area contributed by atoms with Crippen molar-refractivity contribution < 1.29 is 24.3 Å². The van der Waals surface area contributed by atoms with Gasteiger partial charge in [-0.3, -0.25) is 14.4 Å². The number of amides is 3. The molecule has 3 amide bonds. The highest BCUT2D eigenvalue weighted by Crippen LogP contribution is 2.19. The van der Waals surface area contributed by atoms with E-state index in [0.717, 1.165) is 28.5 Å². The Morgan fingerprint density at radius 1 is 0.829 bits per heavy atom. The van der Waals surface area contributed by atoms with E-state index >= 15 is 0 Å². The third-order valence-corrected chi connectivity index (χ3v) is 7.12. The van der Waals surface area contributed by atoms with Crippen LogP contribution in [0.15, 0.2) is 60.8 Å². The zero-order chi connectivity index (χ0) is 29.8. The van der Waals surface area contributed by atoms with Gasteiger partial charge in [0.2, 0.25) is 17.7 Å². The molecule has 0 aliphatic carbocycles. The number of benzene rings is 2. The first kappa shape index (κ1) is 31.7. The summed E-state index contributed by atoms with van der Waals surface area (Å²) >= 11 is 4.03. The minimum absolute atomic E-state index is 0.0745. The lowest BCUT2D eigenvalue weighted by atomic mass is 10.0. The predicted octanol–water partition coefficient (Wildman–Crippen LogP) is 0.878. The highest BCUT2D eigenvalue weighted by molar-refractivity contribution is 7.80. The Hall–Kier alpha value is -3.87. The molecule has 1 aromatic heterocycles. The molecule has 0 saturated carbocycles. The van der Waals surface area contributed by atoms with Crippen LogP contribution in [0.3, 0.4) is 0 Å². The van der Waals surface area contributed by atoms with Crippen LogP contribution in [-0.2, 0) is 32.0 Å². The van der Waals surface area contributed by atoms with Gasteiger partial charge in [0.1, 0.15) is 18.1 Å². The van der Waals surface area contributed by atoms with Crippen molar-refractivity contribution in [3.8, 4) is 0 Å². The molecule has 0 fully saturated rings. The van der Waals surface area contributed by atoms with Crippen LogP contribution >= 0.6 is 12.6 Å². The number of carboxylic acids is 1. The van der Waals surface area contributed by atoms with Gasteiger partial charge in [-0.25, -0.2) is 4.79 Å². The van der Waals surface area contributed by atoms with E-state index in [2.05, 4.69) is 33.6 Å². The van der Waals surface area contributed by atoms with E-state index in [4.69, 9.17) is 11.5 Å². The highest BCUT2D eigenvalue weighted by Gasteiger charge is 2.31. The average molecular weight is 583 g/mol. The molecule has 0 spiro atoms. The van der Waals surface area contributed by atoms with Gasteiger partial charge in [-0.15, -0.1) is 0 Å². The van der Waals surface area contributed by atoms with E-state index < -0.39 is 47.9 Å². The Morgan fingerprint density at radius 2 is 1.44 bits per heavy atom. The number of aliphatic carboxylic acids is 1. The van der Waals surface area contributed by atoms with E-state index in [0.29, 0.717) is 19.4 Å². The predicted molar refractivity (Wildman–Crippen MR) is 160 cm³/mol. The Balaban J connectivity index is 1.85. The molecule has 0 aliphatic heterocycles. The molecule has 3 rings (SSSR count). The third-order valence-electron chi connectivity index (χ3n) is 6.75. The average Bonchev–Trinajstić information content (AvgIpc) is 3.38. The van der Waals surface area contributed by atoms with Gasteiger partial charge in [-0.2, -0.15) is 12.6 Å². The Kier molecular flexibility index (Phi) is 12.2. The summed E-state index contributed by atoms with van der Waals surface area (Å²) in [4.78, 5) is 54.6. The van der Waals surface area contributed by atoms with Crippen molar-refractivity contribution >= 4 is 47.2 Å². The molecule has 0 radical (unpaired) electrons. The fraction of sp³-hybridized carbons (Fsp3) is 0.379. The van der Waals surface area contributed by atoms with Gasteiger partial charge in [0, 0.05) is 35.7 Å². The van der Waals surface area contributed by atoms with Crippen molar-refractivity contribution in [2.24, 2.45) is 11.5 Å². The molecular formula is C29H38N6O5S. The second-order valence-corrected chi connectivity index (χ2v) is 10.2. The number of hydrogen-bond acceptors (Lipinski definition) is 7. The number of carbonyl (C=O) groups excluding carboxylic acids is 3. The van der Waals surface area contributed by atoms with Gasteiger partial charge in [0.05, 0.1) is 6.04 Å². The van der Waals surface area contributed by atoms with Crippen LogP contribution in [-0.4, -0.2) is 70.2 Å². The standard InChI is InChI=1S/C29H38N6O5S/c30-13-7-6-11-21(31)26(36)33-23(14-18-8-2-1-3-9-18)27(37)34-24(28(38)35-25(17-41)29(39)40)15-19-16-32-22-12-5-4-10-20(19)22/h1-5,8-10,12,16,21,23-25,32,41H,6-7,11,13-15,17,30-31H2,(H,33,36)(H,34,37)(H,35,38)(H,39,40). The van der Waals surface area contributed by atoms with Crippen LogP contribution in [0.2, 0.25) is 0 Å². The highest BCUT2D eigenvalue weighted by atomic mass is 32.1. The molecule has 0 saturated heterocycles. The fourth-order valence-electron chi connectivity index (χ4n) is 4.44. The van der Waals surface area contributed by atoms with E-state index in [1.165, 1.54) is 0 Å². The van der Waals surface area contributed by atoms with Gasteiger partial charge in [-0.1, -0.05) is 55.0 Å². The molecule has 0 bridgehead atoms. The summed E-state index contributed by atoms with van der Waals surface area (Å²) in [5.74, 6) is -3.16. The summed E-state index contributed by atoms with van der Waals surface area (Å²) in [5.41, 5.74) is 14.0. The Bertz CT molecular complexity index is 1320. The van der Waals surface area contributed by atoms with Gasteiger partial charge >= 0.3 is 5.97 Å². The van der Waals surface area contributed by atoms with Crippen molar-refractivity contribution in [1.29, 1.82) is 0 Å². The minimum atomic E-state index is -1.25. The Labute approximate surface area is 244 Å². The summed E-state index contributed by atoms with van der Waals surface area (Å²) in [6.45, 7) is 0.489. The molecule has 41 heavy (non-hydrogen) atoms. The summed E-state index contributed by atoms with van der Waals surface area (Å²) in [6, 6.07) is 12.4. The molecular weight excluding hydrogens is 544 g/mol. The Morgan fingerprint density at radius 3 is 2.10 bits per heavy atom. The number of carbonyl (C=O) groups is 4. The molecule has 12 heteroatoms. The second-order valence-electron chi connectivity index (χ2n) is 9.85. The molecule has 0 aliphatic rings. The maximum atomic E-state index is 13.7. The zero-order valence-corrected chi connectivity index (χ0v) is 23.6. The summed E-state index contributed by atoms with van der Waals surface area (Å²) < 4.78 is 0. The first-order valence-electron chi connectivity index (χ1n) is 13.5. The molecule has 4 atom stereocenters. The molecule has 9 N–H and O–H groups in total. The first-order valence-corrected chi connectivity index (χ1v) is 14.2. The number of nitrogens with two attached hydrogens (primary N) is 2. The van der Waals surface area contributed by atoms with Crippen molar-refractivity contribution in [3.63, 3.8) is 0 Å². The van der Waals surface area contributed by atoms with Gasteiger partial charge in [0.25, 0.3) is 0 Å². The largest absolute Gasteiger partial charge is 0.480 e. The van der Waals surface area contributed by atoms with E-state index in [-0.39, 0.29) is 18.6 Å². The molecule has 220 valence electrons. The molecule has 2 aromatic carbocycles. The number of fused-ring (bicyclic) bond motifs is 1. The third kappa shape index (κ3) is 9.34. The number of hydrogen-bond donors (Lipinski definition) is 8. The van der Waals surface area contributed by atoms with Crippen molar-refractivity contribution in [1.82, 2.24) is 20.9 Å². The van der Waals surface area contributed by atoms with Gasteiger partial charge in [0.15, 0.2) is 0 Å². The maximum Gasteiger partial charge on any atom is 0.327 e. The van der Waals surface area contributed by atoms with Crippen LogP contribution in [0, 0.1) is 0 Å². The smallest absolute Gasteiger partial charge is 0.327 e. The SMILES string of the molecule is NCCCCC(N)C(=O)NC(Cc1ccccc1)C(=O)NC(Cc1c[nH]c2ccccc12)C(=O)NC(CS)C(=O)O. The quantitative estimate of drug-likeness (QED) is 0.0907. The number of para-hydroxylation sites is 1. The summed E-state index contributed by atoms with van der Waals surface area (Å²) in [7, 11) is 0.